The highest BCUT2D eigenvalue weighted by atomic mass is 16.1. The van der Waals surface area contributed by atoms with Crippen LogP contribution in [-0.2, 0) is 17.6 Å². The molecule has 1 aliphatic carbocycles. The molecule has 0 aliphatic heterocycles. The minimum atomic E-state index is -0.348. The lowest BCUT2D eigenvalue weighted by atomic mass is 9.89. The van der Waals surface area contributed by atoms with Crippen LogP contribution < -0.4 is 10.6 Å². The van der Waals surface area contributed by atoms with Crippen LogP contribution in [0.2, 0.25) is 0 Å². The third-order valence-corrected chi connectivity index (χ3v) is 4.23. The van der Waals surface area contributed by atoms with Gasteiger partial charge in [-0.2, -0.15) is 5.26 Å². The largest absolute Gasteiger partial charge is 0.385 e. The molecule has 1 aliphatic rings. The summed E-state index contributed by atoms with van der Waals surface area (Å²) in [5.41, 5.74) is 3.81. The smallest absolute Gasteiger partial charge is 0.263 e. The number of rotatable bonds is 4. The normalized spacial score (nSPS) is 15.9. The van der Waals surface area contributed by atoms with Gasteiger partial charge in [0.05, 0.1) is 6.04 Å². The Morgan fingerprint density at radius 2 is 1.92 bits per heavy atom. The van der Waals surface area contributed by atoms with Crippen LogP contribution in [0.25, 0.3) is 0 Å². The minimum Gasteiger partial charge on any atom is -0.385 e. The van der Waals surface area contributed by atoms with Gasteiger partial charge in [-0.3, -0.25) is 4.79 Å². The van der Waals surface area contributed by atoms with Gasteiger partial charge < -0.3 is 10.6 Å². The maximum Gasteiger partial charge on any atom is 0.263 e. The summed E-state index contributed by atoms with van der Waals surface area (Å²) in [4.78, 5) is 12.3. The van der Waals surface area contributed by atoms with E-state index in [0.717, 1.165) is 18.4 Å². The lowest BCUT2D eigenvalue weighted by molar-refractivity contribution is -0.117. The van der Waals surface area contributed by atoms with Crippen molar-refractivity contribution in [3.05, 3.63) is 46.7 Å². The summed E-state index contributed by atoms with van der Waals surface area (Å²) in [6.45, 7) is 7.89. The van der Waals surface area contributed by atoms with Crippen molar-refractivity contribution in [3.63, 3.8) is 0 Å². The Bertz CT molecular complexity index is 677. The average Bonchev–Trinajstić information content (AvgIpc) is 2.53. The molecule has 0 heterocycles. The van der Waals surface area contributed by atoms with Gasteiger partial charge in [0.2, 0.25) is 0 Å². The molecule has 24 heavy (non-hydrogen) atoms. The van der Waals surface area contributed by atoms with Crippen LogP contribution in [0.1, 0.15) is 63.3 Å². The van der Waals surface area contributed by atoms with E-state index in [1.807, 2.05) is 33.8 Å². The molecule has 128 valence electrons. The minimum absolute atomic E-state index is 0.0923. The molecule has 4 heteroatoms. The Kier molecular flexibility index (Phi) is 5.66. The van der Waals surface area contributed by atoms with Gasteiger partial charge in [0, 0.05) is 11.7 Å². The molecule has 2 N–H and O–H groups in total. The first-order valence-corrected chi connectivity index (χ1v) is 8.60. The fraction of sp³-hybridized carbons (Fsp3) is 0.500. The molecule has 0 spiro atoms. The van der Waals surface area contributed by atoms with Crippen LogP contribution >= 0.6 is 0 Å². The predicted octanol–water partition coefficient (Wildman–Crippen LogP) is 3.54. The maximum atomic E-state index is 12.3. The van der Waals surface area contributed by atoms with Crippen LogP contribution in [0.4, 0.5) is 0 Å². The van der Waals surface area contributed by atoms with E-state index in [-0.39, 0.29) is 23.1 Å². The van der Waals surface area contributed by atoms with E-state index in [2.05, 4.69) is 28.8 Å². The Labute approximate surface area is 144 Å². The van der Waals surface area contributed by atoms with Gasteiger partial charge in [0.1, 0.15) is 11.6 Å². The van der Waals surface area contributed by atoms with Crippen LogP contribution in [0, 0.1) is 11.3 Å². The number of hydrogen-bond acceptors (Lipinski definition) is 3. The zero-order valence-electron chi connectivity index (χ0n) is 15.1. The highest BCUT2D eigenvalue weighted by Gasteiger charge is 2.17. The van der Waals surface area contributed by atoms with Crippen molar-refractivity contribution in [1.82, 2.24) is 10.6 Å². The molecule has 1 aromatic carbocycles. The first-order valence-electron chi connectivity index (χ1n) is 8.60. The van der Waals surface area contributed by atoms with Crippen molar-refractivity contribution in [1.29, 1.82) is 5.26 Å². The van der Waals surface area contributed by atoms with Gasteiger partial charge in [0.25, 0.3) is 5.91 Å². The lowest BCUT2D eigenvalue weighted by Gasteiger charge is -2.21. The van der Waals surface area contributed by atoms with Gasteiger partial charge >= 0.3 is 0 Å². The summed E-state index contributed by atoms with van der Waals surface area (Å²) in [6.07, 6.45) is 6.25. The standard InChI is InChI=1S/C20H27N3O/c1-14(16-10-9-15-7-5-6-8-17(15)11-16)23-19(24)18(12-21)13-22-20(2,3)4/h9-11,13-14,22H,5-8H2,1-4H3,(H,23,24)/b18-13-. The number of nitrogens with one attached hydrogen (secondary N) is 2. The Morgan fingerprint density at radius 3 is 2.54 bits per heavy atom. The quantitative estimate of drug-likeness (QED) is 0.657. The maximum absolute atomic E-state index is 12.3. The number of aryl methyl sites for hydroxylation is 2. The van der Waals surface area contributed by atoms with E-state index in [9.17, 15) is 10.1 Å². The van der Waals surface area contributed by atoms with Crippen molar-refractivity contribution in [2.75, 3.05) is 0 Å². The SMILES string of the molecule is CC(NC(=O)/C(C#N)=C\NC(C)(C)C)c1ccc2c(c1)CCCC2. The molecule has 0 saturated carbocycles. The van der Waals surface area contributed by atoms with Crippen molar-refractivity contribution in [2.24, 2.45) is 0 Å². The number of nitriles is 1. The van der Waals surface area contributed by atoms with E-state index in [1.165, 1.54) is 30.2 Å². The van der Waals surface area contributed by atoms with Crippen LogP contribution in [-0.4, -0.2) is 11.4 Å². The highest BCUT2D eigenvalue weighted by Crippen LogP contribution is 2.24. The number of hydrogen-bond donors (Lipinski definition) is 2. The molecule has 0 saturated heterocycles. The number of benzene rings is 1. The fourth-order valence-electron chi connectivity index (χ4n) is 2.82. The van der Waals surface area contributed by atoms with E-state index >= 15 is 0 Å². The Hall–Kier alpha value is -2.28. The van der Waals surface area contributed by atoms with E-state index in [1.54, 1.807) is 0 Å². The summed E-state index contributed by atoms with van der Waals surface area (Å²) in [5.74, 6) is -0.348. The molecule has 1 unspecified atom stereocenters. The summed E-state index contributed by atoms with van der Waals surface area (Å²) in [6, 6.07) is 8.29. The second-order valence-corrected chi connectivity index (χ2v) is 7.49. The Balaban J connectivity index is 2.06. The lowest BCUT2D eigenvalue weighted by Crippen LogP contribution is -2.34. The molecule has 1 aromatic rings. The molecule has 0 bridgehead atoms. The number of nitrogens with zero attached hydrogens (tertiary/aromatic N) is 1. The van der Waals surface area contributed by atoms with E-state index in [0.29, 0.717) is 0 Å². The molecular formula is C20H27N3O. The monoisotopic (exact) mass is 325 g/mol. The van der Waals surface area contributed by atoms with Crippen molar-refractivity contribution < 1.29 is 4.79 Å². The average molecular weight is 325 g/mol. The molecule has 0 fully saturated rings. The van der Waals surface area contributed by atoms with Crippen LogP contribution in [0.5, 0.6) is 0 Å². The number of fused-ring (bicyclic) bond motifs is 1. The van der Waals surface area contributed by atoms with E-state index in [4.69, 9.17) is 0 Å². The molecular weight excluding hydrogens is 298 g/mol. The molecule has 0 aromatic heterocycles. The molecule has 4 nitrogen and oxygen atoms in total. The highest BCUT2D eigenvalue weighted by molar-refractivity contribution is 5.97. The van der Waals surface area contributed by atoms with Gasteiger partial charge in [-0.05, 0) is 70.1 Å². The first-order chi connectivity index (χ1) is 11.3. The topological polar surface area (TPSA) is 64.9 Å². The van der Waals surface area contributed by atoms with E-state index < -0.39 is 0 Å². The zero-order valence-corrected chi connectivity index (χ0v) is 15.1. The Morgan fingerprint density at radius 1 is 1.25 bits per heavy atom. The summed E-state index contributed by atoms with van der Waals surface area (Å²) in [7, 11) is 0. The van der Waals surface area contributed by atoms with Crippen molar-refractivity contribution in [2.45, 2.75) is 65.0 Å². The summed E-state index contributed by atoms with van der Waals surface area (Å²) in [5, 5.41) is 15.2. The fourth-order valence-corrected chi connectivity index (χ4v) is 2.82. The molecule has 2 rings (SSSR count). The van der Waals surface area contributed by atoms with Crippen molar-refractivity contribution >= 4 is 5.91 Å². The van der Waals surface area contributed by atoms with Crippen LogP contribution in [0.3, 0.4) is 0 Å². The number of carbonyl (C=O) groups is 1. The predicted molar refractivity (Wildman–Crippen MR) is 96.2 cm³/mol. The summed E-state index contributed by atoms with van der Waals surface area (Å²) >= 11 is 0. The first kappa shape index (κ1) is 18.1. The number of amides is 1. The van der Waals surface area contributed by atoms with Gasteiger partial charge in [-0.1, -0.05) is 18.2 Å². The van der Waals surface area contributed by atoms with Gasteiger partial charge in [0.15, 0.2) is 0 Å². The number of carbonyl (C=O) groups excluding carboxylic acids is 1. The third kappa shape index (κ3) is 4.86. The second-order valence-electron chi connectivity index (χ2n) is 7.49. The zero-order chi connectivity index (χ0) is 17.7. The van der Waals surface area contributed by atoms with Crippen molar-refractivity contribution in [3.8, 4) is 6.07 Å². The second kappa shape index (κ2) is 7.53. The molecule has 0 radical (unpaired) electrons. The van der Waals surface area contributed by atoms with Gasteiger partial charge in [-0.15, -0.1) is 0 Å². The molecule has 1 amide bonds. The summed E-state index contributed by atoms with van der Waals surface area (Å²) < 4.78 is 0. The van der Waals surface area contributed by atoms with Crippen LogP contribution in [0.15, 0.2) is 30.0 Å². The molecule has 1 atom stereocenters. The third-order valence-electron chi connectivity index (χ3n) is 4.23. The van der Waals surface area contributed by atoms with Gasteiger partial charge in [-0.25, -0.2) is 0 Å².